The number of benzene rings is 2. The molecule has 0 saturated heterocycles. The Balaban J connectivity index is 1.77. The molecule has 0 unspecified atom stereocenters. The van der Waals surface area contributed by atoms with Gasteiger partial charge < -0.3 is 24.6 Å². The monoisotopic (exact) mass is 577 g/mol. The van der Waals surface area contributed by atoms with Gasteiger partial charge in [0.2, 0.25) is 5.91 Å². The van der Waals surface area contributed by atoms with Crippen LogP contribution in [0.3, 0.4) is 0 Å². The number of carbonyl (C=O) groups excluding carboxylic acids is 2. The Hall–Kier alpha value is -3.73. The largest absolute Gasteiger partial charge is 0.493 e. The molecule has 3 rings (SSSR count). The van der Waals surface area contributed by atoms with E-state index in [1.165, 1.54) is 34.4 Å². The number of hydrogen-bond acceptors (Lipinski definition) is 5. The average Bonchev–Trinajstić information content (AvgIpc) is 3.45. The van der Waals surface area contributed by atoms with Crippen LogP contribution in [0.5, 0.6) is 11.5 Å². The predicted molar refractivity (Wildman–Crippen MR) is 150 cm³/mol. The minimum atomic E-state index is -4.63. The zero-order valence-electron chi connectivity index (χ0n) is 22.8. The second-order valence-corrected chi connectivity index (χ2v) is 10.1. The summed E-state index contributed by atoms with van der Waals surface area (Å²) in [6, 6.07) is 13.4. The van der Waals surface area contributed by atoms with Crippen molar-refractivity contribution in [3.63, 3.8) is 0 Å². The Morgan fingerprint density at radius 2 is 1.70 bits per heavy atom. The molecule has 2 aromatic carbocycles. The summed E-state index contributed by atoms with van der Waals surface area (Å²) in [5, 5.41) is 4.29. The summed E-state index contributed by atoms with van der Waals surface area (Å²) in [4.78, 5) is 30.6. The number of hydrogen-bond donors (Lipinski definition) is 1. The summed E-state index contributed by atoms with van der Waals surface area (Å²) >= 11 is 1.52. The van der Waals surface area contributed by atoms with E-state index < -0.39 is 17.8 Å². The van der Waals surface area contributed by atoms with Crippen LogP contribution in [0.4, 0.5) is 23.7 Å². The van der Waals surface area contributed by atoms with Crippen molar-refractivity contribution in [1.29, 1.82) is 0 Å². The lowest BCUT2D eigenvalue weighted by molar-refractivity contribution is -0.137. The first-order valence-electron chi connectivity index (χ1n) is 12.9. The van der Waals surface area contributed by atoms with Crippen LogP contribution < -0.4 is 14.8 Å². The number of nitrogens with zero attached hydrogens (tertiary/aromatic N) is 2. The fraction of sp³-hybridized carbons (Fsp3) is 0.379. The molecule has 0 aliphatic heterocycles. The Morgan fingerprint density at radius 3 is 2.35 bits per heavy atom. The van der Waals surface area contributed by atoms with E-state index in [1.807, 2.05) is 36.6 Å². The topological polar surface area (TPSA) is 71.1 Å². The Labute approximate surface area is 236 Å². The lowest BCUT2D eigenvalue weighted by atomic mass is 10.1. The maximum atomic E-state index is 13.6. The first-order valence-corrected chi connectivity index (χ1v) is 13.8. The number of amides is 3. The van der Waals surface area contributed by atoms with Crippen molar-refractivity contribution in [3.8, 4) is 11.5 Å². The van der Waals surface area contributed by atoms with Crippen LogP contribution in [0.15, 0.2) is 60.0 Å². The van der Waals surface area contributed by atoms with E-state index in [4.69, 9.17) is 9.47 Å². The fourth-order valence-electron chi connectivity index (χ4n) is 4.08. The Kier molecular flexibility index (Phi) is 11.2. The van der Waals surface area contributed by atoms with Crippen LogP contribution in [0, 0.1) is 0 Å². The molecule has 1 heterocycles. The zero-order chi connectivity index (χ0) is 29.1. The molecule has 40 heavy (non-hydrogen) atoms. The van der Waals surface area contributed by atoms with E-state index in [0.717, 1.165) is 22.9 Å². The van der Waals surface area contributed by atoms with Gasteiger partial charge in [-0.25, -0.2) is 4.79 Å². The minimum absolute atomic E-state index is 0.227. The van der Waals surface area contributed by atoms with Crippen molar-refractivity contribution < 1.29 is 32.2 Å². The van der Waals surface area contributed by atoms with Crippen LogP contribution in [-0.4, -0.2) is 55.6 Å². The highest BCUT2D eigenvalue weighted by molar-refractivity contribution is 7.09. The summed E-state index contributed by atoms with van der Waals surface area (Å²) in [6.45, 7) is 2.61. The summed E-state index contributed by atoms with van der Waals surface area (Å²) in [5.74, 6) is 0.879. The predicted octanol–water partition coefficient (Wildman–Crippen LogP) is 6.69. The number of carbonyl (C=O) groups is 2. The van der Waals surface area contributed by atoms with Crippen molar-refractivity contribution in [2.24, 2.45) is 0 Å². The number of unbranched alkanes of at least 4 members (excludes halogenated alkanes) is 1. The summed E-state index contributed by atoms with van der Waals surface area (Å²) in [6.07, 6.45) is -2.76. The first-order chi connectivity index (χ1) is 19.2. The molecule has 0 saturated carbocycles. The van der Waals surface area contributed by atoms with E-state index >= 15 is 0 Å². The molecule has 0 radical (unpaired) electrons. The quantitative estimate of drug-likeness (QED) is 0.246. The van der Waals surface area contributed by atoms with Gasteiger partial charge in [-0.2, -0.15) is 13.2 Å². The molecule has 3 amide bonds. The molecule has 1 N–H and O–H groups in total. The van der Waals surface area contributed by atoms with Gasteiger partial charge in [-0.1, -0.05) is 37.6 Å². The lowest BCUT2D eigenvalue weighted by Crippen LogP contribution is -2.45. The van der Waals surface area contributed by atoms with Gasteiger partial charge >= 0.3 is 12.2 Å². The van der Waals surface area contributed by atoms with Crippen LogP contribution in [-0.2, 0) is 23.9 Å². The maximum Gasteiger partial charge on any atom is 0.418 e. The molecule has 216 valence electrons. The molecular formula is C29H34F3N3O4S. The molecule has 0 aliphatic rings. The second kappa shape index (κ2) is 14.6. The Morgan fingerprint density at radius 1 is 0.950 bits per heavy atom. The summed E-state index contributed by atoms with van der Waals surface area (Å²) in [7, 11) is 3.11. The van der Waals surface area contributed by atoms with Crippen molar-refractivity contribution in [3.05, 3.63) is 76.0 Å². The standard InChI is InChI=1S/C29H34F3N3O4S/c1-4-5-15-35(28(37)33-24-11-7-6-10-23(24)29(30,31)32)20-27(36)34(19-22-9-8-17-40-22)16-14-21-12-13-25(38-2)26(18-21)39-3/h6-13,17-18H,4-5,14-16,19-20H2,1-3H3,(H,33,37). The lowest BCUT2D eigenvalue weighted by Gasteiger charge is -2.28. The average molecular weight is 578 g/mol. The number of methoxy groups -OCH3 is 2. The number of halogens is 3. The van der Waals surface area contributed by atoms with Gasteiger partial charge in [-0.3, -0.25) is 4.79 Å². The second-order valence-electron chi connectivity index (χ2n) is 9.08. The van der Waals surface area contributed by atoms with Gasteiger partial charge in [0.15, 0.2) is 11.5 Å². The molecule has 0 bridgehead atoms. The fourth-order valence-corrected chi connectivity index (χ4v) is 4.80. The molecule has 1 aromatic heterocycles. The van der Waals surface area contributed by atoms with Crippen LogP contribution >= 0.6 is 11.3 Å². The third-order valence-corrected chi connectivity index (χ3v) is 7.13. The maximum absolute atomic E-state index is 13.6. The molecule has 0 aliphatic carbocycles. The molecular weight excluding hydrogens is 543 g/mol. The highest BCUT2D eigenvalue weighted by Crippen LogP contribution is 2.34. The highest BCUT2D eigenvalue weighted by atomic mass is 32.1. The number of rotatable bonds is 13. The molecule has 11 heteroatoms. The van der Waals surface area contributed by atoms with Gasteiger partial charge in [0, 0.05) is 18.0 Å². The minimum Gasteiger partial charge on any atom is -0.493 e. The number of alkyl halides is 3. The number of ether oxygens (including phenoxy) is 2. The highest BCUT2D eigenvalue weighted by Gasteiger charge is 2.34. The summed E-state index contributed by atoms with van der Waals surface area (Å²) in [5.41, 5.74) is -0.358. The molecule has 7 nitrogen and oxygen atoms in total. The van der Waals surface area contributed by atoms with Gasteiger partial charge in [0.05, 0.1) is 32.0 Å². The molecule has 0 fully saturated rings. The van der Waals surface area contributed by atoms with E-state index in [2.05, 4.69) is 5.32 Å². The van der Waals surface area contributed by atoms with E-state index in [1.54, 1.807) is 25.2 Å². The van der Waals surface area contributed by atoms with Crippen molar-refractivity contribution in [2.45, 2.75) is 38.9 Å². The Bertz CT molecular complexity index is 1250. The molecule has 0 atom stereocenters. The van der Waals surface area contributed by atoms with Gasteiger partial charge in [-0.15, -0.1) is 11.3 Å². The van der Waals surface area contributed by atoms with Crippen LogP contribution in [0.1, 0.15) is 35.8 Å². The van der Waals surface area contributed by atoms with Crippen molar-refractivity contribution >= 4 is 29.0 Å². The number of anilines is 1. The first kappa shape index (κ1) is 30.8. The van der Waals surface area contributed by atoms with Crippen LogP contribution in [0.25, 0.3) is 0 Å². The third-order valence-electron chi connectivity index (χ3n) is 6.27. The van der Waals surface area contributed by atoms with Crippen LogP contribution in [0.2, 0.25) is 0 Å². The van der Waals surface area contributed by atoms with E-state index in [9.17, 15) is 22.8 Å². The third kappa shape index (κ3) is 8.64. The van der Waals surface area contributed by atoms with Crippen molar-refractivity contribution in [1.82, 2.24) is 9.80 Å². The number of urea groups is 1. The smallest absolute Gasteiger partial charge is 0.418 e. The SMILES string of the molecule is CCCCN(CC(=O)N(CCc1ccc(OC)c(OC)c1)Cc1cccs1)C(=O)Nc1ccccc1C(F)(F)F. The zero-order valence-corrected chi connectivity index (χ0v) is 23.6. The number of para-hydroxylation sites is 1. The summed E-state index contributed by atoms with van der Waals surface area (Å²) < 4.78 is 51.1. The number of thiophene rings is 1. The normalized spacial score (nSPS) is 11.2. The van der Waals surface area contributed by atoms with Gasteiger partial charge in [-0.05, 0) is 54.1 Å². The van der Waals surface area contributed by atoms with Gasteiger partial charge in [0.25, 0.3) is 0 Å². The number of nitrogens with one attached hydrogen (secondary N) is 1. The van der Waals surface area contributed by atoms with E-state index in [0.29, 0.717) is 37.4 Å². The van der Waals surface area contributed by atoms with E-state index in [-0.39, 0.29) is 24.7 Å². The van der Waals surface area contributed by atoms with Crippen molar-refractivity contribution in [2.75, 3.05) is 39.2 Å². The van der Waals surface area contributed by atoms with Gasteiger partial charge in [0.1, 0.15) is 6.54 Å². The molecule has 3 aromatic rings. The molecule has 0 spiro atoms.